The van der Waals surface area contributed by atoms with Gasteiger partial charge in [0.2, 0.25) is 5.91 Å². The van der Waals surface area contributed by atoms with Gasteiger partial charge in [-0.2, -0.15) is 11.8 Å². The summed E-state index contributed by atoms with van der Waals surface area (Å²) in [6.45, 7) is 2.01. The lowest BCUT2D eigenvalue weighted by Crippen LogP contribution is -2.31. The number of amides is 1. The molecule has 88 valence electrons. The zero-order chi connectivity index (χ0) is 12.1. The van der Waals surface area contributed by atoms with Gasteiger partial charge < -0.3 is 10.6 Å². The number of carbonyl (C=O) groups excluding carboxylic acids is 1. The molecule has 1 amide bonds. The molecule has 0 aromatic heterocycles. The molecule has 1 unspecified atom stereocenters. The number of hydrogen-bond donors (Lipinski definition) is 1. The van der Waals surface area contributed by atoms with Crippen LogP contribution in [0.15, 0.2) is 24.3 Å². The number of nitrogens with two attached hydrogens (primary N) is 1. The number of carbonyl (C=O) groups is 1. The molecule has 0 spiro atoms. The van der Waals surface area contributed by atoms with Crippen LogP contribution in [0.1, 0.15) is 18.5 Å². The first kappa shape index (κ1) is 12.9. The zero-order valence-corrected chi connectivity index (χ0v) is 10.8. The number of rotatable bonds is 4. The fourth-order valence-electron chi connectivity index (χ4n) is 1.48. The van der Waals surface area contributed by atoms with E-state index in [1.807, 2.05) is 44.5 Å². The third kappa shape index (κ3) is 3.17. The quantitative estimate of drug-likeness (QED) is 0.818. The molecule has 0 aliphatic heterocycles. The van der Waals surface area contributed by atoms with Crippen LogP contribution in [0.5, 0.6) is 0 Å². The van der Waals surface area contributed by atoms with Gasteiger partial charge >= 0.3 is 0 Å². The molecule has 0 fully saturated rings. The monoisotopic (exact) mass is 238 g/mol. The van der Waals surface area contributed by atoms with Crippen molar-refractivity contribution in [1.29, 1.82) is 0 Å². The van der Waals surface area contributed by atoms with Gasteiger partial charge in [0.25, 0.3) is 0 Å². The summed E-state index contributed by atoms with van der Waals surface area (Å²) in [5, 5.41) is 0. The molecular weight excluding hydrogens is 220 g/mol. The fraction of sp³-hybridized carbons (Fsp3) is 0.417. The maximum atomic E-state index is 11.7. The molecule has 0 saturated carbocycles. The smallest absolute Gasteiger partial charge is 0.232 e. The van der Waals surface area contributed by atoms with Crippen LogP contribution in [0.4, 0.5) is 5.69 Å². The molecule has 3 nitrogen and oxygen atoms in total. The molecule has 0 aliphatic rings. The van der Waals surface area contributed by atoms with Crippen molar-refractivity contribution in [2.75, 3.05) is 24.8 Å². The van der Waals surface area contributed by atoms with Crippen LogP contribution in [-0.2, 0) is 4.79 Å². The Bertz CT molecular complexity index is 368. The van der Waals surface area contributed by atoms with Crippen LogP contribution in [0.3, 0.4) is 0 Å². The summed E-state index contributed by atoms with van der Waals surface area (Å²) in [5.74, 6) is 0.658. The van der Waals surface area contributed by atoms with Gasteiger partial charge in [0.15, 0.2) is 0 Å². The summed E-state index contributed by atoms with van der Waals surface area (Å²) in [7, 11) is 1.83. The molecule has 1 atom stereocenters. The van der Waals surface area contributed by atoms with Gasteiger partial charge in [-0.15, -0.1) is 0 Å². The molecule has 1 aromatic rings. The highest BCUT2D eigenvalue weighted by molar-refractivity contribution is 7.99. The summed E-state index contributed by atoms with van der Waals surface area (Å²) in [4.78, 5) is 13.5. The molecule has 16 heavy (non-hydrogen) atoms. The Morgan fingerprint density at radius 3 is 2.81 bits per heavy atom. The van der Waals surface area contributed by atoms with Crippen molar-refractivity contribution >= 4 is 23.4 Å². The molecule has 2 N–H and O–H groups in total. The van der Waals surface area contributed by atoms with E-state index < -0.39 is 0 Å². The molecule has 0 aliphatic carbocycles. The topological polar surface area (TPSA) is 46.3 Å². The van der Waals surface area contributed by atoms with Crippen LogP contribution in [0.25, 0.3) is 0 Å². The van der Waals surface area contributed by atoms with E-state index in [-0.39, 0.29) is 11.9 Å². The van der Waals surface area contributed by atoms with Crippen LogP contribution < -0.4 is 5.73 Å². The van der Waals surface area contributed by atoms with Gasteiger partial charge in [0.1, 0.15) is 0 Å². The second-order valence-corrected chi connectivity index (χ2v) is 4.65. The summed E-state index contributed by atoms with van der Waals surface area (Å²) in [6.07, 6.45) is 1.93. The van der Waals surface area contributed by atoms with Crippen molar-refractivity contribution in [1.82, 2.24) is 4.90 Å². The molecular formula is C12H18N2OS. The molecule has 0 radical (unpaired) electrons. The van der Waals surface area contributed by atoms with E-state index in [1.165, 1.54) is 11.8 Å². The highest BCUT2D eigenvalue weighted by atomic mass is 32.2. The summed E-state index contributed by atoms with van der Waals surface area (Å²) in [5.41, 5.74) is 7.52. The first-order valence-electron chi connectivity index (χ1n) is 5.16. The third-order valence-corrected chi connectivity index (χ3v) is 3.17. The predicted octanol–water partition coefficient (Wildman–Crippen LogP) is 2.15. The first-order valence-corrected chi connectivity index (χ1v) is 6.55. The van der Waals surface area contributed by atoms with Gasteiger partial charge in [-0.05, 0) is 30.9 Å². The number of benzene rings is 1. The maximum Gasteiger partial charge on any atom is 0.232 e. The third-order valence-electron chi connectivity index (χ3n) is 2.64. The van der Waals surface area contributed by atoms with Gasteiger partial charge in [-0.25, -0.2) is 0 Å². The number of thioether (sulfide) groups is 1. The Kier molecular flexibility index (Phi) is 4.68. The average molecular weight is 238 g/mol. The Hall–Kier alpha value is -1.16. The van der Waals surface area contributed by atoms with E-state index in [2.05, 4.69) is 0 Å². The molecule has 4 heteroatoms. The first-order chi connectivity index (χ1) is 7.56. The zero-order valence-electron chi connectivity index (χ0n) is 9.93. The summed E-state index contributed by atoms with van der Waals surface area (Å²) in [6, 6.07) is 7.72. The minimum atomic E-state index is 0.0585. The van der Waals surface area contributed by atoms with Crippen molar-refractivity contribution in [3.05, 3.63) is 29.8 Å². The Labute approximate surface area is 101 Å². The van der Waals surface area contributed by atoms with Crippen molar-refractivity contribution in [2.45, 2.75) is 13.0 Å². The SMILES string of the molecule is CSCC(=O)N(C)C(C)c1cccc(N)c1. The largest absolute Gasteiger partial charge is 0.399 e. The van der Waals surface area contributed by atoms with Gasteiger partial charge in [0, 0.05) is 12.7 Å². The molecule has 0 heterocycles. The highest BCUT2D eigenvalue weighted by Crippen LogP contribution is 2.21. The van der Waals surface area contributed by atoms with E-state index in [0.717, 1.165) is 11.3 Å². The van der Waals surface area contributed by atoms with E-state index in [4.69, 9.17) is 5.73 Å². The van der Waals surface area contributed by atoms with Gasteiger partial charge in [-0.3, -0.25) is 4.79 Å². The van der Waals surface area contributed by atoms with Crippen molar-refractivity contribution < 1.29 is 4.79 Å². The lowest BCUT2D eigenvalue weighted by atomic mass is 10.1. The second kappa shape index (κ2) is 5.80. The maximum absolute atomic E-state index is 11.7. The molecule has 1 rings (SSSR count). The molecule has 1 aromatic carbocycles. The minimum absolute atomic E-state index is 0.0585. The average Bonchev–Trinajstić information content (AvgIpc) is 2.27. The number of nitrogen functional groups attached to an aromatic ring is 1. The molecule has 0 bridgehead atoms. The van der Waals surface area contributed by atoms with Crippen LogP contribution in [-0.4, -0.2) is 29.9 Å². The van der Waals surface area contributed by atoms with E-state index in [9.17, 15) is 4.79 Å². The van der Waals surface area contributed by atoms with E-state index in [1.54, 1.807) is 4.90 Å². The lowest BCUT2D eigenvalue weighted by molar-refractivity contribution is -0.128. The second-order valence-electron chi connectivity index (χ2n) is 3.78. The number of hydrogen-bond acceptors (Lipinski definition) is 3. The highest BCUT2D eigenvalue weighted by Gasteiger charge is 2.16. The van der Waals surface area contributed by atoms with Crippen molar-refractivity contribution in [2.24, 2.45) is 0 Å². The Balaban J connectivity index is 2.77. The summed E-state index contributed by atoms with van der Waals surface area (Å²) >= 11 is 1.54. The van der Waals surface area contributed by atoms with Crippen LogP contribution in [0.2, 0.25) is 0 Å². The van der Waals surface area contributed by atoms with E-state index in [0.29, 0.717) is 5.75 Å². The lowest BCUT2D eigenvalue weighted by Gasteiger charge is -2.25. The van der Waals surface area contributed by atoms with Crippen molar-refractivity contribution in [3.8, 4) is 0 Å². The number of anilines is 1. The van der Waals surface area contributed by atoms with Crippen molar-refractivity contribution in [3.63, 3.8) is 0 Å². The Morgan fingerprint density at radius 2 is 2.25 bits per heavy atom. The predicted molar refractivity (Wildman–Crippen MR) is 70.4 cm³/mol. The normalized spacial score (nSPS) is 12.2. The summed E-state index contributed by atoms with van der Waals surface area (Å²) < 4.78 is 0. The minimum Gasteiger partial charge on any atom is -0.399 e. The van der Waals surface area contributed by atoms with Crippen LogP contribution >= 0.6 is 11.8 Å². The standard InChI is InChI=1S/C12H18N2OS/c1-9(14(2)12(15)8-16-3)10-5-4-6-11(13)7-10/h4-7,9H,8,13H2,1-3H3. The fourth-order valence-corrected chi connectivity index (χ4v) is 1.93. The van der Waals surface area contributed by atoms with E-state index >= 15 is 0 Å². The van der Waals surface area contributed by atoms with Gasteiger partial charge in [-0.1, -0.05) is 12.1 Å². The Morgan fingerprint density at radius 1 is 1.56 bits per heavy atom. The van der Waals surface area contributed by atoms with Crippen LogP contribution in [0, 0.1) is 0 Å². The number of nitrogens with zero attached hydrogens (tertiary/aromatic N) is 1. The molecule has 0 saturated heterocycles. The van der Waals surface area contributed by atoms with Gasteiger partial charge in [0.05, 0.1) is 11.8 Å².